The van der Waals surface area contributed by atoms with E-state index in [1.54, 1.807) is 4.90 Å². The largest absolute Gasteiger partial charge is 0.352 e. The lowest BCUT2D eigenvalue weighted by molar-refractivity contribution is -0.144. The maximum Gasteiger partial charge on any atom is 0.242 e. The number of carbonyl (C=O) groups excluding carboxylic acids is 2. The maximum atomic E-state index is 12.8. The number of rotatable bonds is 6. The van der Waals surface area contributed by atoms with Crippen molar-refractivity contribution in [1.82, 2.24) is 20.0 Å². The van der Waals surface area contributed by atoms with E-state index in [2.05, 4.69) is 34.2 Å². The number of amides is 2. The highest BCUT2D eigenvalue weighted by molar-refractivity contribution is 5.86. The van der Waals surface area contributed by atoms with Crippen LogP contribution in [-0.2, 0) is 9.59 Å². The second-order valence-corrected chi connectivity index (χ2v) is 8.73. The quantitative estimate of drug-likeness (QED) is 0.714. The van der Waals surface area contributed by atoms with Gasteiger partial charge in [0, 0.05) is 43.7 Å². The molecule has 0 atom stereocenters. The number of aryl methyl sites for hydroxylation is 1. The molecule has 1 aromatic carbocycles. The van der Waals surface area contributed by atoms with Gasteiger partial charge in [-0.1, -0.05) is 43.7 Å². The second-order valence-electron chi connectivity index (χ2n) is 8.73. The number of benzene rings is 1. The van der Waals surface area contributed by atoms with Gasteiger partial charge in [-0.05, 0) is 32.9 Å². The monoisotopic (exact) mass is 423 g/mol. The highest BCUT2D eigenvalue weighted by atomic mass is 16.2. The molecule has 0 saturated carbocycles. The molecule has 1 aromatic heterocycles. The number of aromatic nitrogens is 2. The van der Waals surface area contributed by atoms with Crippen molar-refractivity contribution in [3.05, 3.63) is 42.0 Å². The average molecular weight is 424 g/mol. The summed E-state index contributed by atoms with van der Waals surface area (Å²) in [6.07, 6.45) is 0. The lowest BCUT2D eigenvalue weighted by Crippen LogP contribution is -2.53. The van der Waals surface area contributed by atoms with E-state index in [-0.39, 0.29) is 30.3 Å². The van der Waals surface area contributed by atoms with Crippen molar-refractivity contribution in [1.29, 1.82) is 0 Å². The van der Waals surface area contributed by atoms with Crippen molar-refractivity contribution in [3.63, 3.8) is 0 Å². The molecule has 0 radical (unpaired) electrons. The molecule has 31 heavy (non-hydrogen) atoms. The normalized spacial score (nSPS) is 14.3. The Bertz CT molecular complexity index is 885. The molecule has 0 N–H and O–H groups in total. The van der Waals surface area contributed by atoms with Crippen LogP contribution < -0.4 is 4.90 Å². The Morgan fingerprint density at radius 2 is 1.58 bits per heavy atom. The van der Waals surface area contributed by atoms with Gasteiger partial charge in [0.05, 0.1) is 12.2 Å². The summed E-state index contributed by atoms with van der Waals surface area (Å²) >= 11 is 0. The topological polar surface area (TPSA) is 69.6 Å². The fraction of sp³-hybridized carbons (Fsp3) is 0.500. The van der Waals surface area contributed by atoms with Crippen LogP contribution in [0.4, 0.5) is 5.82 Å². The Kier molecular flexibility index (Phi) is 7.25. The number of hydrogen-bond donors (Lipinski definition) is 0. The zero-order valence-electron chi connectivity index (χ0n) is 19.2. The molecule has 7 heteroatoms. The summed E-state index contributed by atoms with van der Waals surface area (Å²) in [7, 11) is 0. The molecule has 1 fully saturated rings. The minimum atomic E-state index is -0.117. The number of nitrogens with zero attached hydrogens (tertiary/aromatic N) is 5. The summed E-state index contributed by atoms with van der Waals surface area (Å²) < 4.78 is 0. The van der Waals surface area contributed by atoms with Gasteiger partial charge < -0.3 is 14.7 Å². The molecule has 0 aliphatic carbocycles. The average Bonchev–Trinajstić information content (AvgIpc) is 2.77. The van der Waals surface area contributed by atoms with E-state index in [1.807, 2.05) is 56.9 Å². The van der Waals surface area contributed by atoms with E-state index in [4.69, 9.17) is 0 Å². The first-order valence-electron chi connectivity index (χ1n) is 11.0. The molecule has 2 amide bonds. The summed E-state index contributed by atoms with van der Waals surface area (Å²) in [5.41, 5.74) is 3.11. The zero-order chi connectivity index (χ0) is 22.5. The minimum Gasteiger partial charge on any atom is -0.352 e. The Morgan fingerprint density at radius 3 is 2.10 bits per heavy atom. The van der Waals surface area contributed by atoms with Gasteiger partial charge in [0.1, 0.15) is 0 Å². The van der Waals surface area contributed by atoms with Gasteiger partial charge in [-0.15, -0.1) is 10.2 Å². The zero-order valence-corrected chi connectivity index (χ0v) is 19.2. The Balaban J connectivity index is 1.57. The Morgan fingerprint density at radius 1 is 0.935 bits per heavy atom. The first kappa shape index (κ1) is 22.7. The van der Waals surface area contributed by atoms with Crippen molar-refractivity contribution in [2.45, 2.75) is 40.7 Å². The molecular formula is C24H33N5O2. The highest BCUT2D eigenvalue weighted by Crippen LogP contribution is 2.20. The molecule has 0 bridgehead atoms. The molecule has 2 heterocycles. The lowest BCUT2D eigenvalue weighted by Gasteiger charge is -2.37. The highest BCUT2D eigenvalue weighted by Gasteiger charge is 2.27. The third-order valence-electron chi connectivity index (χ3n) is 5.66. The van der Waals surface area contributed by atoms with Crippen LogP contribution in [-0.4, -0.2) is 70.6 Å². The predicted octanol–water partition coefficient (Wildman–Crippen LogP) is 2.99. The molecule has 166 valence electrons. The van der Waals surface area contributed by atoms with Crippen LogP contribution in [0.2, 0.25) is 0 Å². The van der Waals surface area contributed by atoms with E-state index < -0.39 is 0 Å². The minimum absolute atomic E-state index is 0.00228. The van der Waals surface area contributed by atoms with Gasteiger partial charge in [-0.25, -0.2) is 0 Å². The van der Waals surface area contributed by atoms with E-state index in [1.165, 1.54) is 5.56 Å². The SMILES string of the molecule is Cc1ccc(-c2ccc(N3CCN(C(=O)CN(C(=O)C(C)C)C(C)C)CC3)nn2)cc1. The summed E-state index contributed by atoms with van der Waals surface area (Å²) in [6.45, 7) is 12.5. The molecule has 2 aromatic rings. The third-order valence-corrected chi connectivity index (χ3v) is 5.66. The van der Waals surface area contributed by atoms with Crippen molar-refractivity contribution in [2.75, 3.05) is 37.6 Å². The van der Waals surface area contributed by atoms with Gasteiger partial charge >= 0.3 is 0 Å². The van der Waals surface area contributed by atoms with Crippen LogP contribution in [0, 0.1) is 12.8 Å². The molecular weight excluding hydrogens is 390 g/mol. The molecule has 0 unspecified atom stereocenters. The fourth-order valence-corrected chi connectivity index (χ4v) is 3.65. The van der Waals surface area contributed by atoms with Crippen molar-refractivity contribution in [3.8, 4) is 11.3 Å². The van der Waals surface area contributed by atoms with Gasteiger partial charge in [-0.3, -0.25) is 9.59 Å². The van der Waals surface area contributed by atoms with Crippen molar-refractivity contribution in [2.24, 2.45) is 5.92 Å². The van der Waals surface area contributed by atoms with Crippen LogP contribution in [0.25, 0.3) is 11.3 Å². The van der Waals surface area contributed by atoms with Crippen LogP contribution in [0.15, 0.2) is 36.4 Å². The summed E-state index contributed by atoms with van der Waals surface area (Å²) in [5.74, 6) is 0.726. The van der Waals surface area contributed by atoms with Gasteiger partial charge in [0.2, 0.25) is 11.8 Å². The fourth-order valence-electron chi connectivity index (χ4n) is 3.65. The third kappa shape index (κ3) is 5.60. The predicted molar refractivity (Wildman–Crippen MR) is 123 cm³/mol. The number of piperazine rings is 1. The number of carbonyl (C=O) groups is 2. The van der Waals surface area contributed by atoms with Gasteiger partial charge in [0.25, 0.3) is 0 Å². The van der Waals surface area contributed by atoms with Gasteiger partial charge in [-0.2, -0.15) is 0 Å². The Labute approximate surface area is 185 Å². The molecule has 1 aliphatic heterocycles. The lowest BCUT2D eigenvalue weighted by atomic mass is 10.1. The first-order chi connectivity index (χ1) is 14.8. The standard InChI is InChI=1S/C24H33N5O2/c1-17(2)24(31)29(18(3)4)16-23(30)28-14-12-27(13-15-28)22-11-10-21(25-26-22)20-8-6-19(5)7-9-20/h6-11,17-18H,12-16H2,1-5H3. The summed E-state index contributed by atoms with van der Waals surface area (Å²) in [6, 6.07) is 12.2. The van der Waals surface area contributed by atoms with E-state index in [0.717, 1.165) is 17.1 Å². The van der Waals surface area contributed by atoms with Crippen LogP contribution in [0.1, 0.15) is 33.3 Å². The van der Waals surface area contributed by atoms with Crippen LogP contribution in [0.5, 0.6) is 0 Å². The number of hydrogen-bond acceptors (Lipinski definition) is 5. The molecule has 1 saturated heterocycles. The van der Waals surface area contributed by atoms with E-state index in [0.29, 0.717) is 26.2 Å². The maximum absolute atomic E-state index is 12.8. The van der Waals surface area contributed by atoms with Crippen LogP contribution in [0.3, 0.4) is 0 Å². The molecule has 0 spiro atoms. The molecule has 1 aliphatic rings. The van der Waals surface area contributed by atoms with Crippen molar-refractivity contribution < 1.29 is 9.59 Å². The number of anilines is 1. The summed E-state index contributed by atoms with van der Waals surface area (Å²) in [5, 5.41) is 8.79. The van der Waals surface area contributed by atoms with E-state index >= 15 is 0 Å². The smallest absolute Gasteiger partial charge is 0.242 e. The molecule has 3 rings (SSSR count). The van der Waals surface area contributed by atoms with E-state index in [9.17, 15) is 9.59 Å². The molecule has 7 nitrogen and oxygen atoms in total. The van der Waals surface area contributed by atoms with Crippen LogP contribution >= 0.6 is 0 Å². The summed E-state index contributed by atoms with van der Waals surface area (Å²) in [4.78, 5) is 30.9. The second kappa shape index (κ2) is 9.90. The first-order valence-corrected chi connectivity index (χ1v) is 11.0. The van der Waals surface area contributed by atoms with Crippen molar-refractivity contribution >= 4 is 17.6 Å². The van der Waals surface area contributed by atoms with Gasteiger partial charge in [0.15, 0.2) is 5.82 Å². The Hall–Kier alpha value is -2.96.